The molecule has 1 rings (SSSR count). The fraction of sp³-hybridized carbons (Fsp3) is 0.364. The fourth-order valence-electron chi connectivity index (χ4n) is 1.15. The summed E-state index contributed by atoms with van der Waals surface area (Å²) in [5.74, 6) is 0.797. The molecular weight excluding hydrogens is 243 g/mol. The normalized spacial score (nSPS) is 9.88. The topological polar surface area (TPSA) is 24.1 Å². The van der Waals surface area contributed by atoms with Gasteiger partial charge in [-0.15, -0.1) is 0 Å². The van der Waals surface area contributed by atoms with Crippen LogP contribution in [0.3, 0.4) is 0 Å². The molecule has 1 aromatic carbocycles. The zero-order valence-corrected chi connectivity index (χ0v) is 10.8. The van der Waals surface area contributed by atoms with Crippen molar-refractivity contribution in [1.29, 1.82) is 0 Å². The molecule has 88 valence electrons. The van der Waals surface area contributed by atoms with E-state index in [1.165, 1.54) is 6.07 Å². The highest BCUT2D eigenvalue weighted by molar-refractivity contribution is 7.98. The van der Waals surface area contributed by atoms with Gasteiger partial charge in [0.15, 0.2) is 5.11 Å². The van der Waals surface area contributed by atoms with Gasteiger partial charge in [-0.05, 0) is 42.8 Å². The van der Waals surface area contributed by atoms with Crippen LogP contribution in [0.4, 0.5) is 10.1 Å². The zero-order chi connectivity index (χ0) is 11.8. The standard InChI is InChI=1S/C11H15FN2S2/c1-16-8-4-7-13-11(15)14-10-6-3-2-5-9(10)12/h2-3,5-6H,4,7-8H2,1H3,(H2,13,14,15). The van der Waals surface area contributed by atoms with Crippen molar-refractivity contribution in [1.82, 2.24) is 5.32 Å². The number of rotatable bonds is 5. The smallest absolute Gasteiger partial charge is 0.170 e. The van der Waals surface area contributed by atoms with E-state index in [1.807, 2.05) is 0 Å². The minimum Gasteiger partial charge on any atom is -0.362 e. The number of para-hydroxylation sites is 1. The molecule has 5 heteroatoms. The predicted octanol–water partition coefficient (Wildman–Crippen LogP) is 2.87. The van der Waals surface area contributed by atoms with Crippen LogP contribution >= 0.6 is 24.0 Å². The summed E-state index contributed by atoms with van der Waals surface area (Å²) in [7, 11) is 0. The fourth-order valence-corrected chi connectivity index (χ4v) is 1.79. The summed E-state index contributed by atoms with van der Waals surface area (Å²) in [6.45, 7) is 0.807. The molecule has 2 nitrogen and oxygen atoms in total. The Bertz CT molecular complexity index is 345. The van der Waals surface area contributed by atoms with E-state index in [4.69, 9.17) is 12.2 Å². The summed E-state index contributed by atoms with van der Waals surface area (Å²) in [4.78, 5) is 0. The maximum Gasteiger partial charge on any atom is 0.170 e. The minimum atomic E-state index is -0.296. The molecule has 0 saturated heterocycles. The lowest BCUT2D eigenvalue weighted by Gasteiger charge is -2.10. The lowest BCUT2D eigenvalue weighted by molar-refractivity contribution is 0.632. The second-order valence-corrected chi connectivity index (χ2v) is 4.60. The van der Waals surface area contributed by atoms with Crippen LogP contribution < -0.4 is 10.6 Å². The second-order valence-electron chi connectivity index (χ2n) is 3.21. The van der Waals surface area contributed by atoms with Gasteiger partial charge in [0, 0.05) is 6.54 Å². The molecule has 0 saturated carbocycles. The molecule has 16 heavy (non-hydrogen) atoms. The third-order valence-corrected chi connectivity index (χ3v) is 2.88. The molecule has 0 radical (unpaired) electrons. The van der Waals surface area contributed by atoms with Gasteiger partial charge in [0.1, 0.15) is 5.82 Å². The van der Waals surface area contributed by atoms with Crippen molar-refractivity contribution in [3.05, 3.63) is 30.1 Å². The summed E-state index contributed by atoms with van der Waals surface area (Å²) in [5.41, 5.74) is 0.407. The molecule has 0 bridgehead atoms. The molecular formula is C11H15FN2S2. The van der Waals surface area contributed by atoms with Crippen molar-refractivity contribution in [2.45, 2.75) is 6.42 Å². The number of benzene rings is 1. The molecule has 0 fully saturated rings. The molecule has 0 heterocycles. The van der Waals surface area contributed by atoms with Crippen LogP contribution in [-0.2, 0) is 0 Å². The van der Waals surface area contributed by atoms with Crippen molar-refractivity contribution in [3.8, 4) is 0 Å². The van der Waals surface area contributed by atoms with E-state index in [1.54, 1.807) is 30.0 Å². The number of halogens is 1. The Morgan fingerprint density at radius 2 is 2.19 bits per heavy atom. The van der Waals surface area contributed by atoms with Crippen molar-refractivity contribution in [3.63, 3.8) is 0 Å². The molecule has 0 spiro atoms. The first-order chi connectivity index (χ1) is 7.74. The average Bonchev–Trinajstić information content (AvgIpc) is 2.28. The first-order valence-electron chi connectivity index (χ1n) is 5.02. The van der Waals surface area contributed by atoms with Crippen molar-refractivity contribution in [2.75, 3.05) is 23.9 Å². The number of nitrogens with one attached hydrogen (secondary N) is 2. The number of hydrogen-bond acceptors (Lipinski definition) is 2. The molecule has 0 unspecified atom stereocenters. The summed E-state index contributed by atoms with van der Waals surface area (Å²) in [6, 6.07) is 6.47. The number of anilines is 1. The molecule has 0 aliphatic carbocycles. The van der Waals surface area contributed by atoms with Gasteiger partial charge in [-0.1, -0.05) is 12.1 Å². The Morgan fingerprint density at radius 1 is 1.44 bits per heavy atom. The SMILES string of the molecule is CSCCCNC(=S)Nc1ccccc1F. The van der Waals surface area contributed by atoms with E-state index in [2.05, 4.69) is 16.9 Å². The Hall–Kier alpha value is -0.810. The van der Waals surface area contributed by atoms with Gasteiger partial charge >= 0.3 is 0 Å². The lowest BCUT2D eigenvalue weighted by Crippen LogP contribution is -2.29. The van der Waals surface area contributed by atoms with E-state index < -0.39 is 0 Å². The van der Waals surface area contributed by atoms with Crippen molar-refractivity contribution >= 4 is 34.8 Å². The number of thiocarbonyl (C=S) groups is 1. The van der Waals surface area contributed by atoms with Crippen LogP contribution in [0.1, 0.15) is 6.42 Å². The van der Waals surface area contributed by atoms with Crippen molar-refractivity contribution < 1.29 is 4.39 Å². The Labute approximate surface area is 105 Å². The molecule has 0 atom stereocenters. The van der Waals surface area contributed by atoms with Gasteiger partial charge in [0.2, 0.25) is 0 Å². The van der Waals surface area contributed by atoms with Gasteiger partial charge in [-0.2, -0.15) is 11.8 Å². The Morgan fingerprint density at radius 3 is 2.88 bits per heavy atom. The van der Waals surface area contributed by atoms with E-state index >= 15 is 0 Å². The minimum absolute atomic E-state index is 0.296. The van der Waals surface area contributed by atoms with Gasteiger partial charge in [-0.25, -0.2) is 4.39 Å². The van der Waals surface area contributed by atoms with Crippen LogP contribution in [0.25, 0.3) is 0 Å². The molecule has 0 aromatic heterocycles. The Balaban J connectivity index is 2.32. The summed E-state index contributed by atoms with van der Waals surface area (Å²) in [6.07, 6.45) is 3.11. The summed E-state index contributed by atoms with van der Waals surface area (Å²) in [5, 5.41) is 6.32. The first kappa shape index (κ1) is 13.3. The van der Waals surface area contributed by atoms with Gasteiger partial charge in [-0.3, -0.25) is 0 Å². The highest BCUT2D eigenvalue weighted by Gasteiger charge is 2.01. The molecule has 2 N–H and O–H groups in total. The maximum atomic E-state index is 13.2. The average molecular weight is 258 g/mol. The zero-order valence-electron chi connectivity index (χ0n) is 9.13. The summed E-state index contributed by atoms with van der Waals surface area (Å²) < 4.78 is 13.2. The van der Waals surface area contributed by atoms with Crippen LogP contribution in [0.2, 0.25) is 0 Å². The number of hydrogen-bond donors (Lipinski definition) is 2. The highest BCUT2D eigenvalue weighted by Crippen LogP contribution is 2.11. The van der Waals surface area contributed by atoms with E-state index in [9.17, 15) is 4.39 Å². The van der Waals surface area contributed by atoms with Gasteiger partial charge in [0.05, 0.1) is 5.69 Å². The number of thioether (sulfide) groups is 1. The van der Waals surface area contributed by atoms with E-state index in [0.717, 1.165) is 18.7 Å². The largest absolute Gasteiger partial charge is 0.362 e. The lowest BCUT2D eigenvalue weighted by atomic mass is 10.3. The second kappa shape index (κ2) is 7.46. The van der Waals surface area contributed by atoms with Crippen LogP contribution in [0.5, 0.6) is 0 Å². The molecule has 0 amide bonds. The molecule has 0 aliphatic heterocycles. The van der Waals surface area contributed by atoms with Crippen molar-refractivity contribution in [2.24, 2.45) is 0 Å². The Kier molecular flexibility index (Phi) is 6.18. The third kappa shape index (κ3) is 4.81. The highest BCUT2D eigenvalue weighted by atomic mass is 32.2. The predicted molar refractivity (Wildman–Crippen MR) is 73.6 cm³/mol. The maximum absolute atomic E-state index is 13.2. The first-order valence-corrected chi connectivity index (χ1v) is 6.82. The van der Waals surface area contributed by atoms with E-state index in [0.29, 0.717) is 10.8 Å². The van der Waals surface area contributed by atoms with Crippen LogP contribution in [0.15, 0.2) is 24.3 Å². The van der Waals surface area contributed by atoms with Crippen LogP contribution in [-0.4, -0.2) is 23.7 Å². The van der Waals surface area contributed by atoms with E-state index in [-0.39, 0.29) is 5.82 Å². The summed E-state index contributed by atoms with van der Waals surface area (Å²) >= 11 is 6.85. The third-order valence-electron chi connectivity index (χ3n) is 1.93. The van der Waals surface area contributed by atoms with Gasteiger partial charge in [0.25, 0.3) is 0 Å². The molecule has 1 aromatic rings. The monoisotopic (exact) mass is 258 g/mol. The van der Waals surface area contributed by atoms with Gasteiger partial charge < -0.3 is 10.6 Å². The molecule has 0 aliphatic rings. The van der Waals surface area contributed by atoms with Crippen LogP contribution in [0, 0.1) is 5.82 Å². The quantitative estimate of drug-likeness (QED) is 0.626.